The van der Waals surface area contributed by atoms with Crippen LogP contribution in [0.2, 0.25) is 0 Å². The lowest BCUT2D eigenvalue weighted by Gasteiger charge is -2.18. The van der Waals surface area contributed by atoms with E-state index >= 15 is 0 Å². The topological polar surface area (TPSA) is 42.7 Å². The summed E-state index contributed by atoms with van der Waals surface area (Å²) in [7, 11) is 1.94. The zero-order chi connectivity index (χ0) is 13.0. The molecule has 1 atom stereocenters. The zero-order valence-corrected chi connectivity index (χ0v) is 11.2. The highest BCUT2D eigenvalue weighted by molar-refractivity contribution is 5.29. The van der Waals surface area contributed by atoms with Gasteiger partial charge < -0.3 is 5.32 Å². The molecule has 0 saturated heterocycles. The molecule has 0 aromatic carbocycles. The second kappa shape index (κ2) is 5.78. The first-order valence-electron chi connectivity index (χ1n) is 6.36. The first kappa shape index (κ1) is 12.8. The lowest BCUT2D eigenvalue weighted by Crippen LogP contribution is -2.24. The highest BCUT2D eigenvalue weighted by Crippen LogP contribution is 2.22. The first-order chi connectivity index (χ1) is 8.72. The van der Waals surface area contributed by atoms with E-state index in [1.54, 1.807) is 0 Å². The number of nitrogens with zero attached hydrogens (tertiary/aromatic N) is 3. The largest absolute Gasteiger partial charge is 0.305 e. The lowest BCUT2D eigenvalue weighted by molar-refractivity contribution is 0.571. The monoisotopic (exact) mass is 244 g/mol. The van der Waals surface area contributed by atoms with E-state index in [0.717, 1.165) is 24.4 Å². The van der Waals surface area contributed by atoms with Crippen molar-refractivity contribution in [2.45, 2.75) is 26.3 Å². The summed E-state index contributed by atoms with van der Waals surface area (Å²) in [5.41, 5.74) is 3.29. The van der Waals surface area contributed by atoms with Crippen molar-refractivity contribution in [1.82, 2.24) is 20.1 Å². The van der Waals surface area contributed by atoms with Gasteiger partial charge in [-0.3, -0.25) is 9.67 Å². The highest BCUT2D eigenvalue weighted by Gasteiger charge is 2.17. The van der Waals surface area contributed by atoms with Crippen molar-refractivity contribution < 1.29 is 0 Å². The second-order valence-corrected chi connectivity index (χ2v) is 4.48. The van der Waals surface area contributed by atoms with Crippen molar-refractivity contribution in [2.24, 2.45) is 7.05 Å². The minimum Gasteiger partial charge on any atom is -0.305 e. The predicted octanol–water partition coefficient (Wildman–Crippen LogP) is 2.21. The number of pyridine rings is 1. The Morgan fingerprint density at radius 2 is 2.22 bits per heavy atom. The smallest absolute Gasteiger partial charge is 0.0839 e. The van der Waals surface area contributed by atoms with Gasteiger partial charge in [0.15, 0.2) is 0 Å². The van der Waals surface area contributed by atoms with Crippen LogP contribution in [0.25, 0.3) is 0 Å². The molecule has 2 aromatic rings. The number of rotatable bonds is 5. The van der Waals surface area contributed by atoms with Gasteiger partial charge in [-0.15, -0.1) is 0 Å². The Labute approximate surface area is 108 Å². The number of hydrogen-bond donors (Lipinski definition) is 1. The average Bonchev–Trinajstić information content (AvgIpc) is 2.78. The Balaban J connectivity index is 2.33. The third kappa shape index (κ3) is 2.76. The fraction of sp³-hybridized carbons (Fsp3) is 0.429. The summed E-state index contributed by atoms with van der Waals surface area (Å²) in [6.45, 7) is 5.17. The van der Waals surface area contributed by atoms with Crippen LogP contribution < -0.4 is 5.32 Å². The molecule has 1 unspecified atom stereocenters. The van der Waals surface area contributed by atoms with E-state index < -0.39 is 0 Å². The van der Waals surface area contributed by atoms with E-state index in [4.69, 9.17) is 0 Å². The molecule has 2 heterocycles. The van der Waals surface area contributed by atoms with Gasteiger partial charge in [0.25, 0.3) is 0 Å². The summed E-state index contributed by atoms with van der Waals surface area (Å²) in [6.07, 6.45) is 4.90. The molecule has 0 spiro atoms. The van der Waals surface area contributed by atoms with Crippen LogP contribution in [0.15, 0.2) is 30.6 Å². The molecule has 0 fully saturated rings. The summed E-state index contributed by atoms with van der Waals surface area (Å²) in [6, 6.07) is 6.27. The molecule has 4 heteroatoms. The summed E-state index contributed by atoms with van der Waals surface area (Å²) in [4.78, 5) is 4.37. The van der Waals surface area contributed by atoms with E-state index in [1.165, 1.54) is 5.56 Å². The number of hydrogen-bond acceptors (Lipinski definition) is 3. The van der Waals surface area contributed by atoms with Crippen LogP contribution in [0.1, 0.15) is 36.3 Å². The van der Waals surface area contributed by atoms with Crippen LogP contribution in [0.4, 0.5) is 0 Å². The molecule has 96 valence electrons. The maximum atomic E-state index is 4.51. The minimum atomic E-state index is 0.125. The SMILES string of the molecule is CCCNC(c1ccn(C)n1)c1cccnc1C. The molecule has 0 aliphatic carbocycles. The van der Waals surface area contributed by atoms with E-state index in [9.17, 15) is 0 Å². The van der Waals surface area contributed by atoms with Crippen LogP contribution in [-0.2, 0) is 7.05 Å². The first-order valence-corrected chi connectivity index (χ1v) is 6.36. The summed E-state index contributed by atoms with van der Waals surface area (Å²) in [5.74, 6) is 0. The molecular weight excluding hydrogens is 224 g/mol. The van der Waals surface area contributed by atoms with Crippen molar-refractivity contribution in [2.75, 3.05) is 6.54 Å². The maximum absolute atomic E-state index is 4.51. The van der Waals surface area contributed by atoms with Gasteiger partial charge in [-0.1, -0.05) is 13.0 Å². The molecule has 2 aromatic heterocycles. The summed E-state index contributed by atoms with van der Waals surface area (Å²) >= 11 is 0. The Morgan fingerprint density at radius 1 is 1.39 bits per heavy atom. The van der Waals surface area contributed by atoms with Crippen molar-refractivity contribution in [3.05, 3.63) is 47.5 Å². The average molecular weight is 244 g/mol. The van der Waals surface area contributed by atoms with Crippen LogP contribution >= 0.6 is 0 Å². The maximum Gasteiger partial charge on any atom is 0.0839 e. The molecule has 0 amide bonds. The molecule has 2 rings (SSSR count). The molecule has 4 nitrogen and oxygen atoms in total. The van der Waals surface area contributed by atoms with Crippen molar-refractivity contribution in [3.8, 4) is 0 Å². The van der Waals surface area contributed by atoms with E-state index in [1.807, 2.05) is 37.1 Å². The van der Waals surface area contributed by atoms with Crippen LogP contribution in [-0.4, -0.2) is 21.3 Å². The Morgan fingerprint density at radius 3 is 2.83 bits per heavy atom. The van der Waals surface area contributed by atoms with Gasteiger partial charge in [0.05, 0.1) is 11.7 Å². The van der Waals surface area contributed by atoms with Crippen molar-refractivity contribution in [1.29, 1.82) is 0 Å². The minimum absolute atomic E-state index is 0.125. The van der Waals surface area contributed by atoms with Crippen LogP contribution in [0.3, 0.4) is 0 Å². The van der Waals surface area contributed by atoms with E-state index in [0.29, 0.717) is 0 Å². The predicted molar refractivity (Wildman–Crippen MR) is 72.3 cm³/mol. The van der Waals surface area contributed by atoms with Gasteiger partial charge in [-0.2, -0.15) is 5.10 Å². The molecular formula is C14H20N4. The Bertz CT molecular complexity index is 504. The second-order valence-electron chi connectivity index (χ2n) is 4.48. The van der Waals surface area contributed by atoms with Gasteiger partial charge >= 0.3 is 0 Å². The molecule has 1 N–H and O–H groups in total. The number of aryl methyl sites for hydroxylation is 2. The van der Waals surface area contributed by atoms with Gasteiger partial charge in [0.1, 0.15) is 0 Å². The van der Waals surface area contributed by atoms with Crippen LogP contribution in [0.5, 0.6) is 0 Å². The van der Waals surface area contributed by atoms with Gasteiger partial charge in [0.2, 0.25) is 0 Å². The highest BCUT2D eigenvalue weighted by atomic mass is 15.3. The van der Waals surface area contributed by atoms with Gasteiger partial charge in [-0.25, -0.2) is 0 Å². The molecule has 0 radical (unpaired) electrons. The van der Waals surface area contributed by atoms with Crippen LogP contribution in [0, 0.1) is 6.92 Å². The number of nitrogens with one attached hydrogen (secondary N) is 1. The third-order valence-corrected chi connectivity index (χ3v) is 2.99. The Kier molecular flexibility index (Phi) is 4.10. The zero-order valence-electron chi connectivity index (χ0n) is 11.2. The summed E-state index contributed by atoms with van der Waals surface area (Å²) < 4.78 is 1.83. The van der Waals surface area contributed by atoms with Crippen molar-refractivity contribution >= 4 is 0 Å². The van der Waals surface area contributed by atoms with E-state index in [2.05, 4.69) is 34.5 Å². The fourth-order valence-corrected chi connectivity index (χ4v) is 2.05. The lowest BCUT2D eigenvalue weighted by atomic mass is 10.0. The van der Waals surface area contributed by atoms with Gasteiger partial charge in [-0.05, 0) is 37.6 Å². The van der Waals surface area contributed by atoms with Gasteiger partial charge in [0, 0.05) is 25.1 Å². The van der Waals surface area contributed by atoms with Crippen molar-refractivity contribution in [3.63, 3.8) is 0 Å². The molecule has 0 aliphatic rings. The molecule has 0 bridgehead atoms. The molecule has 18 heavy (non-hydrogen) atoms. The normalized spacial score (nSPS) is 12.6. The van der Waals surface area contributed by atoms with E-state index in [-0.39, 0.29) is 6.04 Å². The number of aromatic nitrogens is 3. The summed E-state index contributed by atoms with van der Waals surface area (Å²) in [5, 5.41) is 8.05. The molecule has 0 aliphatic heterocycles. The quantitative estimate of drug-likeness (QED) is 0.877. The third-order valence-electron chi connectivity index (χ3n) is 2.99. The Hall–Kier alpha value is -1.68. The molecule has 0 saturated carbocycles. The standard InChI is InChI=1S/C14H20N4/c1-4-8-16-14(13-7-10-18(3)17-13)12-6-5-9-15-11(12)2/h5-7,9-10,14,16H,4,8H2,1-3H3. The fourth-order valence-electron chi connectivity index (χ4n) is 2.05.